The molecule has 0 atom stereocenters. The van der Waals surface area contributed by atoms with Crippen molar-refractivity contribution in [1.29, 1.82) is 0 Å². The number of esters is 1. The number of H-pyrrole nitrogens is 1. The second kappa shape index (κ2) is 6.76. The Hall–Kier alpha value is -2.54. The lowest BCUT2D eigenvalue weighted by Gasteiger charge is -2.07. The highest BCUT2D eigenvalue weighted by atomic mass is 35.5. The number of halogens is 1. The number of aromatic nitrogens is 2. The van der Waals surface area contributed by atoms with E-state index in [9.17, 15) is 9.59 Å². The van der Waals surface area contributed by atoms with Crippen LogP contribution in [0.5, 0.6) is 0 Å². The zero-order valence-electron chi connectivity index (χ0n) is 11.1. The van der Waals surface area contributed by atoms with Gasteiger partial charge < -0.3 is 10.1 Å². The minimum Gasteiger partial charge on any atom is -0.462 e. The van der Waals surface area contributed by atoms with Crippen LogP contribution in [0.3, 0.4) is 0 Å². The highest BCUT2D eigenvalue weighted by Crippen LogP contribution is 2.16. The predicted molar refractivity (Wildman–Crippen MR) is 78.6 cm³/mol. The summed E-state index contributed by atoms with van der Waals surface area (Å²) in [5.74, 6) is -0.405. The third-order valence-corrected chi connectivity index (χ3v) is 2.69. The second-order valence-electron chi connectivity index (χ2n) is 3.97. The summed E-state index contributed by atoms with van der Waals surface area (Å²) in [5, 5.41) is 11.8. The van der Waals surface area contributed by atoms with Gasteiger partial charge in [0, 0.05) is 10.7 Å². The lowest BCUT2D eigenvalue weighted by molar-refractivity contribution is 0.0527. The van der Waals surface area contributed by atoms with Crippen LogP contribution in [0.25, 0.3) is 0 Å². The van der Waals surface area contributed by atoms with Crippen molar-refractivity contribution in [3.05, 3.63) is 41.0 Å². The van der Waals surface area contributed by atoms with Crippen molar-refractivity contribution >= 4 is 35.1 Å². The van der Waals surface area contributed by atoms with E-state index in [-0.39, 0.29) is 18.0 Å². The van der Waals surface area contributed by atoms with Gasteiger partial charge in [0.25, 0.3) is 0 Å². The third kappa shape index (κ3) is 3.96. The highest BCUT2D eigenvalue weighted by Gasteiger charge is 2.16. The van der Waals surface area contributed by atoms with Gasteiger partial charge in [0.05, 0.1) is 12.8 Å². The molecule has 0 aliphatic carbocycles. The molecule has 0 unspecified atom stereocenters. The SMILES string of the molecule is CCOC(=O)c1cn[nH]c1NC(=O)Nc1cccc(Cl)c1. The maximum absolute atomic E-state index is 11.9. The van der Waals surface area contributed by atoms with Gasteiger partial charge in [-0.25, -0.2) is 9.59 Å². The first-order valence-corrected chi connectivity index (χ1v) is 6.52. The largest absolute Gasteiger partial charge is 0.462 e. The first kappa shape index (κ1) is 14.9. The van der Waals surface area contributed by atoms with E-state index >= 15 is 0 Å². The molecule has 2 aromatic rings. The number of carbonyl (C=O) groups is 2. The van der Waals surface area contributed by atoms with E-state index < -0.39 is 12.0 Å². The fourth-order valence-electron chi connectivity index (χ4n) is 1.59. The number of nitrogens with one attached hydrogen (secondary N) is 3. The molecule has 0 bridgehead atoms. The van der Waals surface area contributed by atoms with Gasteiger partial charge in [-0.15, -0.1) is 0 Å². The monoisotopic (exact) mass is 308 g/mol. The van der Waals surface area contributed by atoms with E-state index in [4.69, 9.17) is 16.3 Å². The molecule has 8 heteroatoms. The van der Waals surface area contributed by atoms with E-state index in [0.717, 1.165) is 0 Å². The van der Waals surface area contributed by atoms with Crippen LogP contribution in [-0.4, -0.2) is 28.8 Å². The van der Waals surface area contributed by atoms with Gasteiger partial charge >= 0.3 is 12.0 Å². The van der Waals surface area contributed by atoms with Gasteiger partial charge in [-0.05, 0) is 25.1 Å². The Labute approximate surface area is 125 Å². The van der Waals surface area contributed by atoms with Crippen molar-refractivity contribution in [2.45, 2.75) is 6.92 Å². The first-order valence-electron chi connectivity index (χ1n) is 6.14. The summed E-state index contributed by atoms with van der Waals surface area (Å²) in [7, 11) is 0. The van der Waals surface area contributed by atoms with Crippen molar-refractivity contribution in [2.24, 2.45) is 0 Å². The zero-order chi connectivity index (χ0) is 15.2. The molecule has 1 aromatic heterocycles. The van der Waals surface area contributed by atoms with Crippen molar-refractivity contribution in [1.82, 2.24) is 10.2 Å². The fraction of sp³-hybridized carbons (Fsp3) is 0.154. The van der Waals surface area contributed by atoms with Crippen molar-refractivity contribution < 1.29 is 14.3 Å². The molecule has 7 nitrogen and oxygen atoms in total. The highest BCUT2D eigenvalue weighted by molar-refractivity contribution is 6.30. The van der Waals surface area contributed by atoms with Crippen LogP contribution in [0.4, 0.5) is 16.3 Å². The minimum atomic E-state index is -0.565. The molecule has 3 N–H and O–H groups in total. The Morgan fingerprint density at radius 3 is 2.90 bits per heavy atom. The molecule has 1 heterocycles. The number of nitrogens with zero attached hydrogens (tertiary/aromatic N) is 1. The average Bonchev–Trinajstić information content (AvgIpc) is 2.87. The number of amides is 2. The number of urea groups is 1. The van der Waals surface area contributed by atoms with E-state index in [2.05, 4.69) is 20.8 Å². The third-order valence-electron chi connectivity index (χ3n) is 2.46. The molecule has 110 valence electrons. The molecular weight excluding hydrogens is 296 g/mol. The van der Waals surface area contributed by atoms with Crippen LogP contribution < -0.4 is 10.6 Å². The van der Waals surface area contributed by atoms with Crippen LogP contribution in [0.1, 0.15) is 17.3 Å². The summed E-state index contributed by atoms with van der Waals surface area (Å²) in [6.45, 7) is 1.93. The molecule has 2 amide bonds. The van der Waals surface area contributed by atoms with Gasteiger partial charge in [0.2, 0.25) is 0 Å². The molecule has 0 fully saturated rings. The Kier molecular flexibility index (Phi) is 4.78. The first-order chi connectivity index (χ1) is 10.1. The standard InChI is InChI=1S/C13H13ClN4O3/c1-2-21-12(19)10-7-15-18-11(10)17-13(20)16-9-5-3-4-8(14)6-9/h3-7H,2H2,1H3,(H3,15,16,17,18,20). The molecule has 0 spiro atoms. The van der Waals surface area contributed by atoms with Crippen LogP contribution >= 0.6 is 11.6 Å². The number of ether oxygens (including phenoxy) is 1. The minimum absolute atomic E-state index is 0.151. The zero-order valence-corrected chi connectivity index (χ0v) is 11.9. The summed E-state index contributed by atoms with van der Waals surface area (Å²) in [6.07, 6.45) is 1.28. The van der Waals surface area contributed by atoms with Gasteiger partial charge in [-0.1, -0.05) is 17.7 Å². The Balaban J connectivity index is 2.03. The van der Waals surface area contributed by atoms with Gasteiger partial charge in [-0.2, -0.15) is 5.10 Å². The second-order valence-corrected chi connectivity index (χ2v) is 4.41. The summed E-state index contributed by atoms with van der Waals surface area (Å²) >= 11 is 5.82. The van der Waals surface area contributed by atoms with Crippen LogP contribution in [0.2, 0.25) is 5.02 Å². The van der Waals surface area contributed by atoms with E-state index in [1.807, 2.05) is 0 Å². The molecule has 1 aromatic carbocycles. The van der Waals surface area contributed by atoms with E-state index in [0.29, 0.717) is 10.7 Å². The topological polar surface area (TPSA) is 96.1 Å². The molecule has 0 saturated heterocycles. The maximum Gasteiger partial charge on any atom is 0.343 e. The number of carbonyl (C=O) groups excluding carboxylic acids is 2. The number of hydrogen-bond donors (Lipinski definition) is 3. The van der Waals surface area contributed by atoms with Gasteiger partial charge in [0.1, 0.15) is 11.4 Å². The molecule has 0 radical (unpaired) electrons. The Morgan fingerprint density at radius 1 is 1.38 bits per heavy atom. The molecule has 21 heavy (non-hydrogen) atoms. The summed E-state index contributed by atoms with van der Waals surface area (Å²) < 4.78 is 4.85. The number of anilines is 2. The lowest BCUT2D eigenvalue weighted by Crippen LogP contribution is -2.21. The summed E-state index contributed by atoms with van der Waals surface area (Å²) in [5.41, 5.74) is 0.676. The lowest BCUT2D eigenvalue weighted by atomic mass is 10.3. The molecule has 0 aliphatic heterocycles. The Morgan fingerprint density at radius 2 is 2.19 bits per heavy atom. The van der Waals surface area contributed by atoms with Crippen LogP contribution in [0, 0.1) is 0 Å². The summed E-state index contributed by atoms with van der Waals surface area (Å²) in [4.78, 5) is 23.5. The van der Waals surface area contributed by atoms with Gasteiger partial charge in [-0.3, -0.25) is 10.4 Å². The number of hydrogen-bond acceptors (Lipinski definition) is 4. The molecule has 2 rings (SSSR count). The average molecular weight is 309 g/mol. The fourth-order valence-corrected chi connectivity index (χ4v) is 1.78. The Bertz CT molecular complexity index is 656. The maximum atomic E-state index is 11.9. The number of benzene rings is 1. The molecule has 0 saturated carbocycles. The van der Waals surface area contributed by atoms with Crippen LogP contribution in [-0.2, 0) is 4.74 Å². The molecule has 0 aliphatic rings. The van der Waals surface area contributed by atoms with E-state index in [1.165, 1.54) is 6.20 Å². The summed E-state index contributed by atoms with van der Waals surface area (Å²) in [6, 6.07) is 6.15. The number of rotatable bonds is 4. The number of aromatic amines is 1. The normalized spacial score (nSPS) is 10.0. The molecular formula is C13H13ClN4O3. The van der Waals surface area contributed by atoms with Gasteiger partial charge in [0.15, 0.2) is 0 Å². The van der Waals surface area contributed by atoms with Crippen molar-refractivity contribution in [2.75, 3.05) is 17.2 Å². The van der Waals surface area contributed by atoms with Crippen molar-refractivity contribution in [3.8, 4) is 0 Å². The van der Waals surface area contributed by atoms with Crippen molar-refractivity contribution in [3.63, 3.8) is 0 Å². The smallest absolute Gasteiger partial charge is 0.343 e. The predicted octanol–water partition coefficient (Wildman–Crippen LogP) is 2.88. The van der Waals surface area contributed by atoms with Crippen LogP contribution in [0.15, 0.2) is 30.5 Å². The van der Waals surface area contributed by atoms with E-state index in [1.54, 1.807) is 31.2 Å². The quantitative estimate of drug-likeness (QED) is 0.757.